The van der Waals surface area contributed by atoms with Gasteiger partial charge < -0.3 is 9.80 Å². The summed E-state index contributed by atoms with van der Waals surface area (Å²) in [5, 5.41) is 4.38. The summed E-state index contributed by atoms with van der Waals surface area (Å²) in [6.45, 7) is 9.94. The van der Waals surface area contributed by atoms with E-state index in [0.717, 1.165) is 11.4 Å². The normalized spacial score (nSPS) is 15.2. The zero-order chi connectivity index (χ0) is 18.9. The first-order valence-electron chi connectivity index (χ1n) is 8.98. The number of hydrogen-bond donors (Lipinski definition) is 0. The number of piperazine rings is 1. The molecule has 0 bridgehead atoms. The van der Waals surface area contributed by atoms with Crippen molar-refractivity contribution in [3.63, 3.8) is 0 Å². The molecule has 0 radical (unpaired) electrons. The van der Waals surface area contributed by atoms with E-state index < -0.39 is 0 Å². The van der Waals surface area contributed by atoms with Crippen LogP contribution < -0.4 is 0 Å². The molecule has 2 aromatic rings. The molecule has 2 amide bonds. The molecule has 6 nitrogen and oxygen atoms in total. The molecule has 138 valence electrons. The molecule has 0 aliphatic carbocycles. The van der Waals surface area contributed by atoms with Crippen molar-refractivity contribution in [3.8, 4) is 5.69 Å². The van der Waals surface area contributed by atoms with Crippen molar-refractivity contribution in [2.45, 2.75) is 27.7 Å². The number of nitrogens with zero attached hydrogens (tertiary/aromatic N) is 4. The molecule has 1 fully saturated rings. The molecule has 2 heterocycles. The lowest BCUT2D eigenvalue weighted by Gasteiger charge is -2.37. The summed E-state index contributed by atoms with van der Waals surface area (Å²) in [7, 11) is 0. The van der Waals surface area contributed by atoms with Crippen LogP contribution in [0.5, 0.6) is 0 Å². The van der Waals surface area contributed by atoms with Crippen LogP contribution in [0.25, 0.3) is 5.69 Å². The molecule has 3 rings (SSSR count). The third kappa shape index (κ3) is 3.49. The number of para-hydroxylation sites is 1. The minimum absolute atomic E-state index is 0.0208. The van der Waals surface area contributed by atoms with E-state index in [1.807, 2.05) is 67.8 Å². The first-order valence-corrected chi connectivity index (χ1v) is 8.98. The maximum Gasteiger partial charge on any atom is 0.257 e. The monoisotopic (exact) mass is 354 g/mol. The molecule has 1 aliphatic heterocycles. The van der Waals surface area contributed by atoms with Crippen LogP contribution in [0.2, 0.25) is 0 Å². The van der Waals surface area contributed by atoms with E-state index in [1.54, 1.807) is 10.9 Å². The first kappa shape index (κ1) is 18.2. The number of hydrogen-bond acceptors (Lipinski definition) is 3. The number of aromatic nitrogens is 2. The second-order valence-corrected chi connectivity index (χ2v) is 7.73. The zero-order valence-electron chi connectivity index (χ0n) is 15.9. The quantitative estimate of drug-likeness (QED) is 0.833. The van der Waals surface area contributed by atoms with Gasteiger partial charge in [0.2, 0.25) is 5.91 Å². The van der Waals surface area contributed by atoms with Gasteiger partial charge in [-0.1, -0.05) is 39.0 Å². The molecule has 1 aromatic carbocycles. The predicted octanol–water partition coefficient (Wildman–Crippen LogP) is 2.51. The Morgan fingerprint density at radius 2 is 1.54 bits per heavy atom. The summed E-state index contributed by atoms with van der Waals surface area (Å²) in [4.78, 5) is 29.0. The molecule has 0 atom stereocenters. The van der Waals surface area contributed by atoms with Gasteiger partial charge in [-0.25, -0.2) is 4.68 Å². The third-order valence-corrected chi connectivity index (χ3v) is 4.74. The molecule has 0 spiro atoms. The van der Waals surface area contributed by atoms with Crippen molar-refractivity contribution in [1.29, 1.82) is 0 Å². The van der Waals surface area contributed by atoms with Crippen molar-refractivity contribution in [2.24, 2.45) is 5.41 Å². The van der Waals surface area contributed by atoms with Crippen molar-refractivity contribution < 1.29 is 9.59 Å². The maximum absolute atomic E-state index is 12.9. The fourth-order valence-corrected chi connectivity index (χ4v) is 3.21. The highest BCUT2D eigenvalue weighted by molar-refractivity contribution is 5.95. The Kier molecular flexibility index (Phi) is 4.85. The minimum Gasteiger partial charge on any atom is -0.339 e. The van der Waals surface area contributed by atoms with E-state index in [9.17, 15) is 9.59 Å². The number of benzene rings is 1. The summed E-state index contributed by atoms with van der Waals surface area (Å²) in [6, 6.07) is 9.77. The van der Waals surface area contributed by atoms with Gasteiger partial charge in [-0.2, -0.15) is 5.10 Å². The van der Waals surface area contributed by atoms with E-state index in [1.165, 1.54) is 0 Å². The molecule has 6 heteroatoms. The van der Waals surface area contributed by atoms with Crippen LogP contribution in [-0.4, -0.2) is 57.6 Å². The molecule has 0 N–H and O–H groups in total. The number of carbonyl (C=O) groups excluding carboxylic acids is 2. The van der Waals surface area contributed by atoms with Crippen LogP contribution >= 0.6 is 0 Å². The molecular formula is C20H26N4O2. The zero-order valence-corrected chi connectivity index (χ0v) is 15.9. The molecular weight excluding hydrogens is 328 g/mol. The highest BCUT2D eigenvalue weighted by Gasteiger charge is 2.31. The van der Waals surface area contributed by atoms with Crippen molar-refractivity contribution in [1.82, 2.24) is 19.6 Å². The molecule has 26 heavy (non-hydrogen) atoms. The van der Waals surface area contributed by atoms with Crippen LogP contribution in [0.1, 0.15) is 36.8 Å². The Morgan fingerprint density at radius 1 is 0.962 bits per heavy atom. The van der Waals surface area contributed by atoms with Crippen LogP contribution in [0.3, 0.4) is 0 Å². The van der Waals surface area contributed by atoms with Gasteiger partial charge in [-0.05, 0) is 19.1 Å². The Hall–Kier alpha value is -2.63. The Bertz CT molecular complexity index is 797. The summed E-state index contributed by atoms with van der Waals surface area (Å²) in [5.74, 6) is 0.116. The second kappa shape index (κ2) is 6.94. The Labute approximate surface area is 154 Å². The topological polar surface area (TPSA) is 58.4 Å². The van der Waals surface area contributed by atoms with Gasteiger partial charge in [0.05, 0.1) is 23.1 Å². The average molecular weight is 354 g/mol. The lowest BCUT2D eigenvalue weighted by molar-refractivity contribution is -0.140. The molecule has 1 saturated heterocycles. The lowest BCUT2D eigenvalue weighted by Crippen LogP contribution is -2.53. The molecule has 1 aromatic heterocycles. The predicted molar refractivity (Wildman–Crippen MR) is 100 cm³/mol. The molecule has 1 aliphatic rings. The van der Waals surface area contributed by atoms with E-state index >= 15 is 0 Å². The van der Waals surface area contributed by atoms with Gasteiger partial charge in [-0.3, -0.25) is 9.59 Å². The Balaban J connectivity index is 1.70. The van der Waals surface area contributed by atoms with E-state index in [-0.39, 0.29) is 17.2 Å². The maximum atomic E-state index is 12.9. The van der Waals surface area contributed by atoms with Gasteiger partial charge in [0.25, 0.3) is 5.91 Å². The summed E-state index contributed by atoms with van der Waals surface area (Å²) < 4.78 is 1.78. The smallest absolute Gasteiger partial charge is 0.257 e. The molecule has 0 unspecified atom stereocenters. The van der Waals surface area contributed by atoms with Crippen LogP contribution in [0.4, 0.5) is 0 Å². The van der Waals surface area contributed by atoms with Crippen LogP contribution in [-0.2, 0) is 4.79 Å². The highest BCUT2D eigenvalue weighted by Crippen LogP contribution is 2.20. The summed E-state index contributed by atoms with van der Waals surface area (Å²) in [5.41, 5.74) is 1.99. The first-order chi connectivity index (χ1) is 12.3. The van der Waals surface area contributed by atoms with Crippen LogP contribution in [0.15, 0.2) is 36.5 Å². The minimum atomic E-state index is -0.389. The van der Waals surface area contributed by atoms with E-state index in [0.29, 0.717) is 31.7 Å². The average Bonchev–Trinajstić information content (AvgIpc) is 3.02. The number of amides is 2. The van der Waals surface area contributed by atoms with Gasteiger partial charge in [0.15, 0.2) is 0 Å². The van der Waals surface area contributed by atoms with Gasteiger partial charge in [0, 0.05) is 31.6 Å². The van der Waals surface area contributed by atoms with Crippen LogP contribution in [0, 0.1) is 12.3 Å². The lowest BCUT2D eigenvalue weighted by atomic mass is 9.94. The van der Waals surface area contributed by atoms with Crippen molar-refractivity contribution in [2.75, 3.05) is 26.2 Å². The van der Waals surface area contributed by atoms with Gasteiger partial charge in [-0.15, -0.1) is 0 Å². The highest BCUT2D eigenvalue weighted by atomic mass is 16.2. The number of rotatable bonds is 2. The fourth-order valence-electron chi connectivity index (χ4n) is 3.21. The fraction of sp³-hybridized carbons (Fsp3) is 0.450. The van der Waals surface area contributed by atoms with E-state index in [4.69, 9.17) is 0 Å². The standard InChI is InChI=1S/C20H26N4O2/c1-15-17(14-21-24(15)16-8-6-5-7-9-16)18(25)22-10-12-23(13-11-22)19(26)20(2,3)4/h5-9,14H,10-13H2,1-4H3. The van der Waals surface area contributed by atoms with Gasteiger partial charge >= 0.3 is 0 Å². The SMILES string of the molecule is Cc1c(C(=O)N2CCN(C(=O)C(C)(C)C)CC2)cnn1-c1ccccc1. The van der Waals surface area contributed by atoms with Gasteiger partial charge in [0.1, 0.15) is 0 Å². The van der Waals surface area contributed by atoms with E-state index in [2.05, 4.69) is 5.10 Å². The molecule has 0 saturated carbocycles. The number of carbonyl (C=O) groups is 2. The summed E-state index contributed by atoms with van der Waals surface area (Å²) >= 11 is 0. The largest absolute Gasteiger partial charge is 0.339 e. The van der Waals surface area contributed by atoms with Crippen molar-refractivity contribution >= 4 is 11.8 Å². The van der Waals surface area contributed by atoms with Crippen molar-refractivity contribution in [3.05, 3.63) is 47.8 Å². The third-order valence-electron chi connectivity index (χ3n) is 4.74. The second-order valence-electron chi connectivity index (χ2n) is 7.73. The Morgan fingerprint density at radius 3 is 2.12 bits per heavy atom. The summed E-state index contributed by atoms with van der Waals surface area (Å²) in [6.07, 6.45) is 1.64.